The minimum atomic E-state index is 0.845. The number of allylic oxidation sites excluding steroid dienone is 4. The van der Waals surface area contributed by atoms with Crippen LogP contribution in [0.1, 0.15) is 54.4 Å². The summed E-state index contributed by atoms with van der Waals surface area (Å²) in [5, 5.41) is 0. The second-order valence-electron chi connectivity index (χ2n) is 3.75. The molecule has 0 bridgehead atoms. The van der Waals surface area contributed by atoms with Gasteiger partial charge in [0.2, 0.25) is 0 Å². The standard InChI is InChI=1S/C14H20.C2H6/c1-7-8-9-12(4)14(6)13(5)10-11(2)3;1-2/h2,5,9-10H2,1,3-4,6H3;1-2H3/b14-12+;. The van der Waals surface area contributed by atoms with E-state index in [1.807, 2.05) is 27.7 Å². The Labute approximate surface area is 102 Å². The van der Waals surface area contributed by atoms with Gasteiger partial charge in [0.25, 0.3) is 0 Å². The van der Waals surface area contributed by atoms with Gasteiger partial charge >= 0.3 is 0 Å². The SMILES string of the molecule is C=C(C)CC(=C)/C(C)=C(\C)CC#CC.CC. The van der Waals surface area contributed by atoms with Crippen LogP contribution >= 0.6 is 0 Å². The largest absolute Gasteiger partial charge is 0.106 e. The van der Waals surface area contributed by atoms with Gasteiger partial charge in [-0.1, -0.05) is 44.1 Å². The molecule has 0 heteroatoms. The van der Waals surface area contributed by atoms with Crippen LogP contribution in [0.15, 0.2) is 35.5 Å². The lowest BCUT2D eigenvalue weighted by atomic mass is 9.97. The summed E-state index contributed by atoms with van der Waals surface area (Å²) in [5.41, 5.74) is 4.90. The van der Waals surface area contributed by atoms with Crippen molar-refractivity contribution >= 4 is 0 Å². The van der Waals surface area contributed by atoms with Crippen molar-refractivity contribution in [1.82, 2.24) is 0 Å². The van der Waals surface area contributed by atoms with E-state index in [-0.39, 0.29) is 0 Å². The highest BCUT2D eigenvalue weighted by molar-refractivity contribution is 5.34. The monoisotopic (exact) mass is 218 g/mol. The molecule has 0 rings (SSSR count). The maximum absolute atomic E-state index is 4.06. The van der Waals surface area contributed by atoms with Gasteiger partial charge in [0, 0.05) is 6.42 Å². The first-order valence-corrected chi connectivity index (χ1v) is 5.87. The van der Waals surface area contributed by atoms with Crippen molar-refractivity contribution in [1.29, 1.82) is 0 Å². The fourth-order valence-electron chi connectivity index (χ4n) is 1.15. The van der Waals surface area contributed by atoms with Crippen LogP contribution < -0.4 is 0 Å². The van der Waals surface area contributed by atoms with Gasteiger partial charge in [-0.3, -0.25) is 0 Å². The normalized spacial score (nSPS) is 10.1. The molecule has 0 heterocycles. The first-order chi connectivity index (χ1) is 7.49. The molecular weight excluding hydrogens is 192 g/mol. The Hall–Kier alpha value is -1.22. The minimum Gasteiger partial charge on any atom is -0.106 e. The summed E-state index contributed by atoms with van der Waals surface area (Å²) in [6.45, 7) is 20.1. The molecule has 0 aliphatic rings. The van der Waals surface area contributed by atoms with Crippen LogP contribution in [0.5, 0.6) is 0 Å². The molecule has 0 aliphatic carbocycles. The lowest BCUT2D eigenvalue weighted by molar-refractivity contribution is 1.08. The summed E-state index contributed by atoms with van der Waals surface area (Å²) in [4.78, 5) is 0. The molecule has 0 aliphatic heterocycles. The van der Waals surface area contributed by atoms with Gasteiger partial charge in [-0.25, -0.2) is 0 Å². The van der Waals surface area contributed by atoms with Gasteiger partial charge in [0.15, 0.2) is 0 Å². The van der Waals surface area contributed by atoms with E-state index in [9.17, 15) is 0 Å². The molecule has 0 saturated heterocycles. The molecule has 0 spiro atoms. The second kappa shape index (κ2) is 10.3. The highest BCUT2D eigenvalue weighted by atomic mass is 14.1. The summed E-state index contributed by atoms with van der Waals surface area (Å²) in [6.07, 6.45) is 1.74. The molecule has 0 fully saturated rings. The number of hydrogen-bond donors (Lipinski definition) is 0. The second-order valence-corrected chi connectivity index (χ2v) is 3.75. The first-order valence-electron chi connectivity index (χ1n) is 5.87. The van der Waals surface area contributed by atoms with Crippen LogP contribution in [0.25, 0.3) is 0 Å². The fraction of sp³-hybridized carbons (Fsp3) is 0.500. The van der Waals surface area contributed by atoms with E-state index < -0.39 is 0 Å². The van der Waals surface area contributed by atoms with Gasteiger partial charge in [0.1, 0.15) is 0 Å². The highest BCUT2D eigenvalue weighted by Crippen LogP contribution is 2.20. The van der Waals surface area contributed by atoms with Crippen LogP contribution in [-0.4, -0.2) is 0 Å². The summed E-state index contributed by atoms with van der Waals surface area (Å²) < 4.78 is 0. The van der Waals surface area contributed by atoms with Gasteiger partial charge in [-0.15, -0.1) is 5.92 Å². The molecule has 0 aromatic rings. The molecule has 0 aromatic carbocycles. The van der Waals surface area contributed by atoms with E-state index in [2.05, 4.69) is 38.8 Å². The Morgan fingerprint density at radius 2 is 1.56 bits per heavy atom. The molecule has 0 radical (unpaired) electrons. The van der Waals surface area contributed by atoms with Crippen molar-refractivity contribution in [3.8, 4) is 11.8 Å². The smallest absolute Gasteiger partial charge is 0.0302 e. The third kappa shape index (κ3) is 8.12. The van der Waals surface area contributed by atoms with Gasteiger partial charge in [0.05, 0.1) is 0 Å². The van der Waals surface area contributed by atoms with Crippen LogP contribution in [0.4, 0.5) is 0 Å². The van der Waals surface area contributed by atoms with Crippen molar-refractivity contribution in [2.45, 2.75) is 54.4 Å². The molecule has 0 N–H and O–H groups in total. The van der Waals surface area contributed by atoms with E-state index in [4.69, 9.17) is 0 Å². The number of hydrogen-bond acceptors (Lipinski definition) is 0. The predicted octanol–water partition coefficient (Wildman–Crippen LogP) is 5.28. The lowest BCUT2D eigenvalue weighted by Gasteiger charge is -2.08. The Morgan fingerprint density at radius 3 is 1.94 bits per heavy atom. The molecule has 0 nitrogen and oxygen atoms in total. The van der Waals surface area contributed by atoms with E-state index in [1.54, 1.807) is 0 Å². The van der Waals surface area contributed by atoms with Crippen molar-refractivity contribution < 1.29 is 0 Å². The zero-order valence-corrected chi connectivity index (χ0v) is 11.8. The molecule has 0 amide bonds. The molecule has 0 atom stereocenters. The molecule has 0 aromatic heterocycles. The van der Waals surface area contributed by atoms with Crippen LogP contribution in [-0.2, 0) is 0 Å². The molecule has 0 unspecified atom stereocenters. The van der Waals surface area contributed by atoms with Crippen molar-refractivity contribution in [2.75, 3.05) is 0 Å². The zero-order valence-electron chi connectivity index (χ0n) is 11.8. The Bertz CT molecular complexity index is 316. The third-order valence-corrected chi connectivity index (χ3v) is 2.22. The summed E-state index contributed by atoms with van der Waals surface area (Å²) in [5.74, 6) is 5.97. The zero-order chi connectivity index (χ0) is 13.1. The van der Waals surface area contributed by atoms with Crippen molar-refractivity contribution in [3.05, 3.63) is 35.5 Å². The van der Waals surface area contributed by atoms with E-state index in [0.717, 1.165) is 24.0 Å². The molecule has 90 valence electrons. The Morgan fingerprint density at radius 1 is 1.06 bits per heavy atom. The van der Waals surface area contributed by atoms with Crippen LogP contribution in [0.3, 0.4) is 0 Å². The third-order valence-electron chi connectivity index (χ3n) is 2.22. The van der Waals surface area contributed by atoms with Crippen molar-refractivity contribution in [3.63, 3.8) is 0 Å². The summed E-state index contributed by atoms with van der Waals surface area (Å²) in [7, 11) is 0. The lowest BCUT2D eigenvalue weighted by Crippen LogP contribution is -1.89. The minimum absolute atomic E-state index is 0.845. The average Bonchev–Trinajstić information content (AvgIpc) is 2.26. The Kier molecular flexibility index (Phi) is 11.1. The summed E-state index contributed by atoms with van der Waals surface area (Å²) in [6, 6.07) is 0. The van der Waals surface area contributed by atoms with Gasteiger partial charge < -0.3 is 0 Å². The molecular formula is C16H26. The van der Waals surface area contributed by atoms with Crippen LogP contribution in [0, 0.1) is 11.8 Å². The topological polar surface area (TPSA) is 0 Å². The predicted molar refractivity (Wildman–Crippen MR) is 76.4 cm³/mol. The number of rotatable bonds is 4. The molecule has 16 heavy (non-hydrogen) atoms. The molecule has 0 saturated carbocycles. The van der Waals surface area contributed by atoms with Crippen molar-refractivity contribution in [2.24, 2.45) is 0 Å². The summed E-state index contributed by atoms with van der Waals surface area (Å²) >= 11 is 0. The maximum atomic E-state index is 4.06. The maximum Gasteiger partial charge on any atom is 0.0302 e. The van der Waals surface area contributed by atoms with E-state index in [1.165, 1.54) is 11.1 Å². The fourth-order valence-corrected chi connectivity index (χ4v) is 1.15. The average molecular weight is 218 g/mol. The first kappa shape index (κ1) is 17.2. The van der Waals surface area contributed by atoms with Crippen LogP contribution in [0.2, 0.25) is 0 Å². The highest BCUT2D eigenvalue weighted by Gasteiger charge is 2.01. The van der Waals surface area contributed by atoms with E-state index in [0.29, 0.717) is 0 Å². The van der Waals surface area contributed by atoms with E-state index >= 15 is 0 Å². The Balaban J connectivity index is 0. The van der Waals surface area contributed by atoms with Gasteiger partial charge in [-0.05, 0) is 45.3 Å². The van der Waals surface area contributed by atoms with Gasteiger partial charge in [-0.2, -0.15) is 0 Å². The quantitative estimate of drug-likeness (QED) is 0.342.